The molecule has 0 atom stereocenters. The van der Waals surface area contributed by atoms with E-state index in [1.54, 1.807) is 36.8 Å². The number of fused-ring (bicyclic) bond motifs is 1. The van der Waals surface area contributed by atoms with Crippen LogP contribution in [0.25, 0.3) is 16.8 Å². The van der Waals surface area contributed by atoms with Crippen LogP contribution in [0.4, 0.5) is 0 Å². The molecule has 0 bridgehead atoms. The lowest BCUT2D eigenvalue weighted by atomic mass is 10.1. The third-order valence-corrected chi connectivity index (χ3v) is 3.59. The van der Waals surface area contributed by atoms with Gasteiger partial charge in [-0.25, -0.2) is 15.0 Å². The minimum atomic E-state index is 0.278. The van der Waals surface area contributed by atoms with Crippen LogP contribution in [0.5, 0.6) is 11.8 Å². The summed E-state index contributed by atoms with van der Waals surface area (Å²) in [5.41, 5.74) is 2.81. The normalized spacial score (nSPS) is 10.8. The second-order valence-corrected chi connectivity index (χ2v) is 5.36. The first-order chi connectivity index (χ1) is 11.3. The number of imidazole rings is 1. The van der Waals surface area contributed by atoms with Crippen molar-refractivity contribution in [3.63, 3.8) is 0 Å². The first-order valence-corrected chi connectivity index (χ1v) is 7.34. The molecular formula is C17H11ClN4O. The Morgan fingerprint density at radius 2 is 1.83 bits per heavy atom. The van der Waals surface area contributed by atoms with E-state index in [0.29, 0.717) is 10.8 Å². The predicted molar refractivity (Wildman–Crippen MR) is 87.7 cm³/mol. The van der Waals surface area contributed by atoms with Gasteiger partial charge in [-0.1, -0.05) is 17.7 Å². The Morgan fingerprint density at radius 3 is 2.65 bits per heavy atom. The van der Waals surface area contributed by atoms with E-state index < -0.39 is 0 Å². The molecule has 1 aromatic carbocycles. The summed E-state index contributed by atoms with van der Waals surface area (Å²) in [6, 6.07) is 11.3. The van der Waals surface area contributed by atoms with Crippen molar-refractivity contribution in [3.05, 3.63) is 72.4 Å². The molecule has 0 fully saturated rings. The molecule has 0 saturated carbocycles. The number of ether oxygens (including phenoxy) is 1. The summed E-state index contributed by atoms with van der Waals surface area (Å²) in [4.78, 5) is 12.7. The Labute approximate surface area is 137 Å². The predicted octanol–water partition coefficient (Wildman–Crippen LogP) is 4.24. The number of hydrogen-bond acceptors (Lipinski definition) is 4. The van der Waals surface area contributed by atoms with Gasteiger partial charge in [0, 0.05) is 47.1 Å². The zero-order chi connectivity index (χ0) is 15.6. The van der Waals surface area contributed by atoms with Crippen LogP contribution in [0.1, 0.15) is 0 Å². The van der Waals surface area contributed by atoms with Crippen LogP contribution in [0.3, 0.4) is 0 Å². The number of pyridine rings is 1. The molecule has 0 saturated heterocycles. The summed E-state index contributed by atoms with van der Waals surface area (Å²) >= 11 is 5.93. The van der Waals surface area contributed by atoms with Gasteiger partial charge in [0.2, 0.25) is 0 Å². The molecule has 112 valence electrons. The Bertz CT molecular complexity index is 966. The van der Waals surface area contributed by atoms with Gasteiger partial charge in [-0.3, -0.25) is 0 Å². The topological polar surface area (TPSA) is 52.3 Å². The maximum atomic E-state index is 5.93. The van der Waals surface area contributed by atoms with Gasteiger partial charge in [0.15, 0.2) is 0 Å². The molecule has 0 aliphatic heterocycles. The second-order valence-electron chi connectivity index (χ2n) is 4.92. The minimum Gasteiger partial charge on any atom is -0.424 e. The number of aromatic nitrogens is 4. The van der Waals surface area contributed by atoms with Crippen LogP contribution in [0.15, 0.2) is 67.4 Å². The zero-order valence-corrected chi connectivity index (χ0v) is 12.7. The lowest BCUT2D eigenvalue weighted by molar-refractivity contribution is 0.442. The molecule has 0 aliphatic rings. The molecule has 3 heterocycles. The van der Waals surface area contributed by atoms with Crippen molar-refractivity contribution in [1.82, 2.24) is 19.4 Å². The fraction of sp³-hybridized carbons (Fsp3) is 0. The summed E-state index contributed by atoms with van der Waals surface area (Å²) in [7, 11) is 0. The van der Waals surface area contributed by atoms with E-state index in [9.17, 15) is 0 Å². The SMILES string of the molecule is Clc1cccc(Oc2ncc(-c3ccc4nccn4c3)cn2)c1. The number of nitrogens with zero attached hydrogens (tertiary/aromatic N) is 4. The van der Waals surface area contributed by atoms with Crippen LogP contribution >= 0.6 is 11.6 Å². The van der Waals surface area contributed by atoms with Gasteiger partial charge in [0.25, 0.3) is 0 Å². The number of halogens is 1. The van der Waals surface area contributed by atoms with E-state index in [1.165, 1.54) is 0 Å². The van der Waals surface area contributed by atoms with Gasteiger partial charge >= 0.3 is 6.01 Å². The van der Waals surface area contributed by atoms with Crippen molar-refractivity contribution in [2.75, 3.05) is 0 Å². The van der Waals surface area contributed by atoms with Crippen LogP contribution in [0, 0.1) is 0 Å². The molecule has 0 aliphatic carbocycles. The van der Waals surface area contributed by atoms with E-state index in [-0.39, 0.29) is 6.01 Å². The van der Waals surface area contributed by atoms with Crippen LogP contribution in [0.2, 0.25) is 5.02 Å². The van der Waals surface area contributed by atoms with Crippen molar-refractivity contribution in [3.8, 4) is 22.9 Å². The quantitative estimate of drug-likeness (QED) is 0.566. The van der Waals surface area contributed by atoms with Gasteiger partial charge in [-0.2, -0.15) is 0 Å². The molecule has 4 rings (SSSR count). The Balaban J connectivity index is 1.59. The van der Waals surface area contributed by atoms with Crippen molar-refractivity contribution in [2.45, 2.75) is 0 Å². The molecule has 23 heavy (non-hydrogen) atoms. The lowest BCUT2D eigenvalue weighted by Gasteiger charge is -2.05. The number of hydrogen-bond donors (Lipinski definition) is 0. The van der Waals surface area contributed by atoms with Crippen molar-refractivity contribution in [2.24, 2.45) is 0 Å². The molecule has 4 aromatic rings. The Hall–Kier alpha value is -2.92. The smallest absolute Gasteiger partial charge is 0.321 e. The molecule has 0 amide bonds. The third kappa shape index (κ3) is 2.86. The Kier molecular flexibility index (Phi) is 3.40. The summed E-state index contributed by atoms with van der Waals surface area (Å²) in [6.07, 6.45) is 9.10. The highest BCUT2D eigenvalue weighted by molar-refractivity contribution is 6.30. The highest BCUT2D eigenvalue weighted by atomic mass is 35.5. The van der Waals surface area contributed by atoms with Gasteiger partial charge in [0.05, 0.1) is 0 Å². The average molecular weight is 323 g/mol. The minimum absolute atomic E-state index is 0.278. The van der Waals surface area contributed by atoms with Crippen LogP contribution in [-0.4, -0.2) is 19.4 Å². The van der Waals surface area contributed by atoms with Crippen LogP contribution in [-0.2, 0) is 0 Å². The highest BCUT2D eigenvalue weighted by Crippen LogP contribution is 2.23. The Morgan fingerprint density at radius 1 is 0.957 bits per heavy atom. The lowest BCUT2D eigenvalue weighted by Crippen LogP contribution is -1.93. The number of benzene rings is 1. The summed E-state index contributed by atoms with van der Waals surface area (Å²) in [5, 5.41) is 0.604. The van der Waals surface area contributed by atoms with Crippen molar-refractivity contribution < 1.29 is 4.74 Å². The fourth-order valence-corrected chi connectivity index (χ4v) is 2.42. The van der Waals surface area contributed by atoms with Gasteiger partial charge in [-0.05, 0) is 30.3 Å². The monoisotopic (exact) mass is 322 g/mol. The molecule has 0 spiro atoms. The van der Waals surface area contributed by atoms with E-state index in [1.807, 2.05) is 35.0 Å². The highest BCUT2D eigenvalue weighted by Gasteiger charge is 2.04. The van der Waals surface area contributed by atoms with E-state index >= 15 is 0 Å². The molecule has 6 heteroatoms. The first kappa shape index (κ1) is 13.7. The molecule has 5 nitrogen and oxygen atoms in total. The van der Waals surface area contributed by atoms with Crippen molar-refractivity contribution in [1.29, 1.82) is 0 Å². The van der Waals surface area contributed by atoms with Gasteiger partial charge < -0.3 is 9.14 Å². The average Bonchev–Trinajstić information content (AvgIpc) is 3.03. The molecule has 3 aromatic heterocycles. The number of rotatable bonds is 3. The molecule has 0 radical (unpaired) electrons. The van der Waals surface area contributed by atoms with Gasteiger partial charge in [-0.15, -0.1) is 0 Å². The maximum absolute atomic E-state index is 5.93. The summed E-state index contributed by atoms with van der Waals surface area (Å²) in [6.45, 7) is 0. The maximum Gasteiger partial charge on any atom is 0.321 e. The van der Waals surface area contributed by atoms with Crippen molar-refractivity contribution >= 4 is 17.2 Å². The summed E-state index contributed by atoms with van der Waals surface area (Å²) < 4.78 is 7.54. The van der Waals surface area contributed by atoms with Gasteiger partial charge in [0.1, 0.15) is 11.4 Å². The summed E-state index contributed by atoms with van der Waals surface area (Å²) in [5.74, 6) is 0.602. The third-order valence-electron chi connectivity index (χ3n) is 3.36. The van der Waals surface area contributed by atoms with E-state index in [4.69, 9.17) is 16.3 Å². The molecule has 0 unspecified atom stereocenters. The second kappa shape index (κ2) is 5.70. The van der Waals surface area contributed by atoms with Crippen LogP contribution < -0.4 is 4.74 Å². The van der Waals surface area contributed by atoms with E-state index in [2.05, 4.69) is 15.0 Å². The standard InChI is InChI=1S/C17H11ClN4O/c18-14-2-1-3-15(8-14)23-17-20-9-13(10-21-17)12-4-5-16-19-6-7-22(16)11-12/h1-11H. The zero-order valence-electron chi connectivity index (χ0n) is 11.9. The fourth-order valence-electron chi connectivity index (χ4n) is 2.24. The molecule has 0 N–H and O–H groups in total. The largest absolute Gasteiger partial charge is 0.424 e. The first-order valence-electron chi connectivity index (χ1n) is 6.96. The molecular weight excluding hydrogens is 312 g/mol. The van der Waals surface area contributed by atoms with E-state index in [0.717, 1.165) is 16.8 Å².